The van der Waals surface area contributed by atoms with Crippen molar-refractivity contribution in [1.82, 2.24) is 15.1 Å². The molecular formula is C28H47N3O7Si. The normalized spacial score (nSPS) is 14.6. The number of aliphatic hydroxyl groups is 1. The van der Waals surface area contributed by atoms with E-state index in [4.69, 9.17) is 18.6 Å². The summed E-state index contributed by atoms with van der Waals surface area (Å²) in [6, 6.07) is 5.34. The number of rotatable bonds is 10. The molecule has 10 nitrogen and oxygen atoms in total. The van der Waals surface area contributed by atoms with Crippen molar-refractivity contribution in [2.75, 3.05) is 13.2 Å². The zero-order valence-corrected chi connectivity index (χ0v) is 26.4. The van der Waals surface area contributed by atoms with Gasteiger partial charge in [0.15, 0.2) is 14.4 Å². The third-order valence-electron chi connectivity index (χ3n) is 6.14. The van der Waals surface area contributed by atoms with Crippen LogP contribution in [0.2, 0.25) is 18.1 Å². The first kappa shape index (κ1) is 32.6. The number of nitrogens with zero attached hydrogens (tertiary/aromatic N) is 2. The number of alkyl carbamates (subject to hydrolysis) is 1. The van der Waals surface area contributed by atoms with Crippen LogP contribution in [0.1, 0.15) is 62.3 Å². The third kappa shape index (κ3) is 10.8. The summed E-state index contributed by atoms with van der Waals surface area (Å²) in [6.07, 6.45) is -0.338. The highest BCUT2D eigenvalue weighted by molar-refractivity contribution is 6.74. The first-order chi connectivity index (χ1) is 17.6. The Hall–Kier alpha value is -2.63. The van der Waals surface area contributed by atoms with E-state index in [0.29, 0.717) is 12.3 Å². The molecule has 0 saturated carbocycles. The summed E-state index contributed by atoms with van der Waals surface area (Å²) in [5.74, 6) is -0.241. The third-order valence-corrected chi connectivity index (χ3v) is 10.7. The van der Waals surface area contributed by atoms with Gasteiger partial charge in [0.1, 0.15) is 23.6 Å². The largest absolute Gasteiger partial charge is 0.490 e. The van der Waals surface area contributed by atoms with Gasteiger partial charge in [-0.1, -0.05) is 20.8 Å². The number of hydrogen-bond donors (Lipinski definition) is 2. The quantitative estimate of drug-likeness (QED) is 0.304. The van der Waals surface area contributed by atoms with E-state index in [2.05, 4.69) is 44.3 Å². The van der Waals surface area contributed by atoms with Crippen molar-refractivity contribution < 1.29 is 33.3 Å². The first-order valence-electron chi connectivity index (χ1n) is 13.3. The van der Waals surface area contributed by atoms with E-state index >= 15 is 0 Å². The Morgan fingerprint density at radius 1 is 1.03 bits per heavy atom. The molecule has 0 unspecified atom stereocenters. The summed E-state index contributed by atoms with van der Waals surface area (Å²) in [5, 5.41) is 18.4. The summed E-state index contributed by atoms with van der Waals surface area (Å²) in [4.78, 5) is 24.3. The van der Waals surface area contributed by atoms with Crippen LogP contribution >= 0.6 is 0 Å². The maximum absolute atomic E-state index is 12.3. The molecule has 2 N–H and O–H groups in total. The monoisotopic (exact) mass is 565 g/mol. The van der Waals surface area contributed by atoms with E-state index < -0.39 is 37.7 Å². The molecule has 0 fully saturated rings. The van der Waals surface area contributed by atoms with Crippen LogP contribution in [0, 0.1) is 0 Å². The number of carbonyl (C=O) groups excluding carboxylic acids is 2. The van der Waals surface area contributed by atoms with Gasteiger partial charge in [0.05, 0.1) is 18.2 Å². The van der Waals surface area contributed by atoms with Crippen molar-refractivity contribution in [2.45, 2.75) is 110 Å². The Balaban J connectivity index is 2.14. The average Bonchev–Trinajstić information content (AvgIpc) is 3.13. The van der Waals surface area contributed by atoms with E-state index in [9.17, 15) is 14.7 Å². The van der Waals surface area contributed by atoms with Crippen molar-refractivity contribution in [2.24, 2.45) is 0 Å². The number of amides is 1. The molecule has 0 aliphatic rings. The molecule has 2 aromatic rings. The lowest BCUT2D eigenvalue weighted by Crippen LogP contribution is -2.48. The number of fused-ring (bicyclic) bond motifs is 1. The van der Waals surface area contributed by atoms with Crippen LogP contribution in [0.5, 0.6) is 5.75 Å². The van der Waals surface area contributed by atoms with Gasteiger partial charge in [-0.15, -0.1) is 0 Å². The zero-order chi connectivity index (χ0) is 29.8. The molecule has 1 aromatic heterocycles. The minimum atomic E-state index is -2.15. The number of carbonyl (C=O) groups is 2. The predicted molar refractivity (Wildman–Crippen MR) is 153 cm³/mol. The average molecular weight is 566 g/mol. The number of esters is 1. The SMILES string of the molecule is CC(C)(C)OC(=O)NC[C@H](Cn1cc2cc(OC[C@@H](O)C(=O)OC(C)(C)C)ccc2n1)O[Si](C)(C)C(C)(C)C. The summed E-state index contributed by atoms with van der Waals surface area (Å²) >= 11 is 0. The lowest BCUT2D eigenvalue weighted by molar-refractivity contribution is -0.166. The second kappa shape index (κ2) is 12.3. The van der Waals surface area contributed by atoms with Gasteiger partial charge in [0.25, 0.3) is 0 Å². The fraction of sp³-hybridized carbons (Fsp3) is 0.679. The van der Waals surface area contributed by atoms with Crippen LogP contribution in [0.25, 0.3) is 10.9 Å². The molecule has 1 heterocycles. The van der Waals surface area contributed by atoms with Gasteiger partial charge in [-0.2, -0.15) is 5.10 Å². The molecule has 0 saturated heterocycles. The maximum atomic E-state index is 12.3. The minimum Gasteiger partial charge on any atom is -0.490 e. The van der Waals surface area contributed by atoms with Crippen molar-refractivity contribution in [3.63, 3.8) is 0 Å². The van der Waals surface area contributed by atoms with Gasteiger partial charge in [-0.05, 0) is 77.9 Å². The predicted octanol–water partition coefficient (Wildman–Crippen LogP) is 5.03. The zero-order valence-electron chi connectivity index (χ0n) is 25.4. The minimum absolute atomic E-state index is 0.0118. The highest BCUT2D eigenvalue weighted by atomic mass is 28.4. The number of aliphatic hydroxyl groups excluding tert-OH is 1. The van der Waals surface area contributed by atoms with E-state index in [1.165, 1.54) is 0 Å². The van der Waals surface area contributed by atoms with E-state index in [0.717, 1.165) is 10.9 Å². The molecule has 1 amide bonds. The second-order valence-electron chi connectivity index (χ2n) is 13.3. The van der Waals surface area contributed by atoms with Gasteiger partial charge >= 0.3 is 12.1 Å². The van der Waals surface area contributed by atoms with E-state index in [1.54, 1.807) is 37.6 Å². The van der Waals surface area contributed by atoms with Gasteiger partial charge in [0.2, 0.25) is 0 Å². The fourth-order valence-electron chi connectivity index (χ4n) is 3.31. The smallest absolute Gasteiger partial charge is 0.407 e. The number of benzene rings is 1. The Kier molecular flexibility index (Phi) is 10.2. The van der Waals surface area contributed by atoms with Gasteiger partial charge in [-0.25, -0.2) is 9.59 Å². The number of nitrogens with one attached hydrogen (secondary N) is 1. The summed E-state index contributed by atoms with van der Waals surface area (Å²) in [6.45, 7) is 22.0. The molecule has 1 aromatic carbocycles. The van der Waals surface area contributed by atoms with Crippen molar-refractivity contribution in [3.8, 4) is 5.75 Å². The lowest BCUT2D eigenvalue weighted by Gasteiger charge is -2.39. The van der Waals surface area contributed by atoms with Gasteiger partial charge in [0, 0.05) is 18.1 Å². The lowest BCUT2D eigenvalue weighted by atomic mass is 10.2. The molecule has 0 radical (unpaired) electrons. The Morgan fingerprint density at radius 2 is 1.64 bits per heavy atom. The Morgan fingerprint density at radius 3 is 2.21 bits per heavy atom. The molecule has 0 bridgehead atoms. The standard InChI is InChI=1S/C28H47N3O7Si/c1-26(2,3)36-24(33)23(32)18-35-20-12-13-22-19(14-20)16-31(30-22)17-21(38-39(10,11)28(7,8)9)15-29-25(34)37-27(4,5)6/h12-14,16,21,23,32H,15,17-18H2,1-11H3,(H,29,34)/t21-,23-/m1/s1. The van der Waals surface area contributed by atoms with E-state index in [-0.39, 0.29) is 24.3 Å². The molecule has 220 valence electrons. The summed E-state index contributed by atoms with van der Waals surface area (Å²) in [7, 11) is -2.15. The molecule has 0 aliphatic carbocycles. The highest BCUT2D eigenvalue weighted by Crippen LogP contribution is 2.37. The second-order valence-corrected chi connectivity index (χ2v) is 18.1. The Labute approximate surface area is 233 Å². The topological polar surface area (TPSA) is 121 Å². The van der Waals surface area contributed by atoms with Crippen LogP contribution in [0.15, 0.2) is 24.4 Å². The van der Waals surface area contributed by atoms with Crippen LogP contribution in [0.3, 0.4) is 0 Å². The maximum Gasteiger partial charge on any atom is 0.407 e. The molecule has 39 heavy (non-hydrogen) atoms. The van der Waals surface area contributed by atoms with Crippen molar-refractivity contribution in [3.05, 3.63) is 24.4 Å². The van der Waals surface area contributed by atoms with Crippen LogP contribution < -0.4 is 10.1 Å². The molecule has 0 aliphatic heterocycles. The first-order valence-corrected chi connectivity index (χ1v) is 16.2. The number of hydrogen-bond acceptors (Lipinski definition) is 8. The summed E-state index contributed by atoms with van der Waals surface area (Å²) < 4.78 is 24.7. The molecular weight excluding hydrogens is 518 g/mol. The molecule has 2 rings (SSSR count). The van der Waals surface area contributed by atoms with Gasteiger partial charge < -0.3 is 29.1 Å². The summed E-state index contributed by atoms with van der Waals surface area (Å²) in [5.41, 5.74) is -0.538. The molecule has 11 heteroatoms. The van der Waals surface area contributed by atoms with Crippen LogP contribution in [-0.2, 0) is 25.2 Å². The number of ether oxygens (including phenoxy) is 3. The van der Waals surface area contributed by atoms with Gasteiger partial charge in [-0.3, -0.25) is 4.68 Å². The highest BCUT2D eigenvalue weighted by Gasteiger charge is 2.39. The number of aromatic nitrogens is 2. The fourth-order valence-corrected chi connectivity index (χ4v) is 4.65. The van der Waals surface area contributed by atoms with Crippen LogP contribution in [-0.4, -0.2) is 71.8 Å². The molecule has 0 spiro atoms. The van der Waals surface area contributed by atoms with Crippen molar-refractivity contribution in [1.29, 1.82) is 0 Å². The van der Waals surface area contributed by atoms with Crippen LogP contribution in [0.4, 0.5) is 4.79 Å². The molecule has 2 atom stereocenters. The van der Waals surface area contributed by atoms with E-state index in [1.807, 2.05) is 33.0 Å². The Bertz CT molecular complexity index is 1130. The van der Waals surface area contributed by atoms with Crippen molar-refractivity contribution >= 4 is 31.3 Å².